The highest BCUT2D eigenvalue weighted by atomic mass is 79.9. The van der Waals surface area contributed by atoms with Gasteiger partial charge in [0.05, 0.1) is 18.2 Å². The summed E-state index contributed by atoms with van der Waals surface area (Å²) in [4.78, 5) is 15.5. The number of alkyl halides is 3. The first-order valence-corrected chi connectivity index (χ1v) is 7.70. The molecule has 0 spiro atoms. The lowest BCUT2D eigenvalue weighted by Gasteiger charge is -2.07. The maximum atomic E-state index is 12.9. The molecule has 0 aliphatic rings. The smallest absolute Gasteiger partial charge is 0.417 e. The van der Waals surface area contributed by atoms with Gasteiger partial charge in [-0.05, 0) is 30.3 Å². The average molecular weight is 415 g/mol. The topological polar surface area (TPSA) is 64.4 Å². The molecule has 0 bridgehead atoms. The fourth-order valence-corrected chi connectivity index (χ4v) is 2.73. The van der Waals surface area contributed by atoms with Gasteiger partial charge in [0, 0.05) is 10.2 Å². The number of ether oxygens (including phenoxy) is 1. The first-order chi connectivity index (χ1) is 11.8. The minimum Gasteiger partial charge on any atom is -0.465 e. The molecule has 0 aliphatic carbocycles. The van der Waals surface area contributed by atoms with Crippen molar-refractivity contribution in [2.24, 2.45) is 0 Å². The number of fused-ring (bicyclic) bond motifs is 1. The monoisotopic (exact) mass is 414 g/mol. The molecule has 25 heavy (non-hydrogen) atoms. The Bertz CT molecular complexity index is 953. The summed E-state index contributed by atoms with van der Waals surface area (Å²) in [5, 5.41) is 2.81. The lowest BCUT2D eigenvalue weighted by atomic mass is 10.2. The van der Waals surface area contributed by atoms with Crippen LogP contribution in [0.4, 0.5) is 24.9 Å². The van der Waals surface area contributed by atoms with Crippen LogP contribution in [0.2, 0.25) is 0 Å². The number of halogens is 4. The Hall–Kier alpha value is -2.55. The number of oxazole rings is 1. The molecule has 0 amide bonds. The second-order valence-electron chi connectivity index (χ2n) is 5.01. The van der Waals surface area contributed by atoms with Crippen LogP contribution in [0.5, 0.6) is 0 Å². The fraction of sp³-hybridized carbons (Fsp3) is 0.125. The van der Waals surface area contributed by atoms with Gasteiger partial charge >= 0.3 is 12.1 Å². The molecule has 2 aromatic carbocycles. The number of nitrogens with zero attached hydrogens (tertiary/aromatic N) is 1. The van der Waals surface area contributed by atoms with Gasteiger partial charge in [-0.2, -0.15) is 18.2 Å². The largest absolute Gasteiger partial charge is 0.465 e. The molecular formula is C16H10BrF3N2O3. The third-order valence-corrected chi connectivity index (χ3v) is 3.97. The SMILES string of the molecule is COC(=O)c1cccc(Nc2nc3cc(C(F)(F)F)c(Br)cc3o2)c1. The molecular weight excluding hydrogens is 405 g/mol. The summed E-state index contributed by atoms with van der Waals surface area (Å²) in [6.45, 7) is 0. The van der Waals surface area contributed by atoms with Crippen LogP contribution in [-0.4, -0.2) is 18.1 Å². The summed E-state index contributed by atoms with van der Waals surface area (Å²) in [6, 6.07) is 8.46. The number of carbonyl (C=O) groups excluding carboxylic acids is 1. The molecule has 0 saturated carbocycles. The van der Waals surface area contributed by atoms with Gasteiger partial charge in [0.2, 0.25) is 0 Å². The molecule has 1 heterocycles. The van der Waals surface area contributed by atoms with Crippen molar-refractivity contribution < 1.29 is 27.1 Å². The summed E-state index contributed by atoms with van der Waals surface area (Å²) in [5.41, 5.74) is 0.191. The maximum Gasteiger partial charge on any atom is 0.417 e. The Balaban J connectivity index is 1.94. The number of anilines is 2. The molecule has 5 nitrogen and oxygen atoms in total. The summed E-state index contributed by atoms with van der Waals surface area (Å²) in [5.74, 6) is -0.514. The van der Waals surface area contributed by atoms with E-state index in [4.69, 9.17) is 4.42 Å². The second kappa shape index (κ2) is 6.40. The molecule has 1 aromatic heterocycles. The van der Waals surface area contributed by atoms with E-state index in [0.717, 1.165) is 6.07 Å². The van der Waals surface area contributed by atoms with E-state index in [2.05, 4.69) is 31.0 Å². The lowest BCUT2D eigenvalue weighted by Crippen LogP contribution is -2.05. The standard InChI is InChI=1S/C16H10BrF3N2O3/c1-24-14(23)8-3-2-4-9(5-8)21-15-22-12-6-10(16(18,19)20)11(17)7-13(12)25-15/h2-7H,1H3,(H,21,22). The van der Waals surface area contributed by atoms with Gasteiger partial charge in [0.25, 0.3) is 6.01 Å². The fourth-order valence-electron chi connectivity index (χ4n) is 2.19. The van der Waals surface area contributed by atoms with Gasteiger partial charge < -0.3 is 14.5 Å². The van der Waals surface area contributed by atoms with Crippen LogP contribution in [0.15, 0.2) is 45.3 Å². The van der Waals surface area contributed by atoms with Crippen LogP contribution < -0.4 is 5.32 Å². The number of rotatable bonds is 3. The van der Waals surface area contributed by atoms with Crippen LogP contribution in [0.25, 0.3) is 11.1 Å². The predicted octanol–water partition coefficient (Wildman–Crippen LogP) is 5.14. The summed E-state index contributed by atoms with van der Waals surface area (Å²) >= 11 is 2.88. The van der Waals surface area contributed by atoms with Crippen molar-refractivity contribution in [3.05, 3.63) is 52.0 Å². The van der Waals surface area contributed by atoms with Crippen LogP contribution in [-0.2, 0) is 10.9 Å². The van der Waals surface area contributed by atoms with Gasteiger partial charge in [-0.1, -0.05) is 22.0 Å². The summed E-state index contributed by atoms with van der Waals surface area (Å²) < 4.78 is 48.7. The predicted molar refractivity (Wildman–Crippen MR) is 87.8 cm³/mol. The molecule has 130 valence electrons. The molecule has 0 atom stereocenters. The van der Waals surface area contributed by atoms with Crippen molar-refractivity contribution in [2.75, 3.05) is 12.4 Å². The van der Waals surface area contributed by atoms with Crippen molar-refractivity contribution in [1.82, 2.24) is 4.98 Å². The summed E-state index contributed by atoms with van der Waals surface area (Å²) in [7, 11) is 1.26. The van der Waals surface area contributed by atoms with Crippen LogP contribution >= 0.6 is 15.9 Å². The molecule has 9 heteroatoms. The zero-order valence-corrected chi connectivity index (χ0v) is 14.2. The lowest BCUT2D eigenvalue weighted by molar-refractivity contribution is -0.138. The van der Waals surface area contributed by atoms with Crippen LogP contribution in [0.1, 0.15) is 15.9 Å². The van der Waals surface area contributed by atoms with Crippen molar-refractivity contribution in [2.45, 2.75) is 6.18 Å². The third-order valence-electron chi connectivity index (χ3n) is 3.32. The van der Waals surface area contributed by atoms with E-state index in [9.17, 15) is 18.0 Å². The van der Waals surface area contributed by atoms with Crippen molar-refractivity contribution >= 4 is 44.7 Å². The number of hydrogen-bond donors (Lipinski definition) is 1. The number of nitrogens with one attached hydrogen (secondary N) is 1. The molecule has 0 aliphatic heterocycles. The number of carbonyl (C=O) groups is 1. The van der Waals surface area contributed by atoms with E-state index < -0.39 is 17.7 Å². The normalized spacial score (nSPS) is 11.6. The average Bonchev–Trinajstić information content (AvgIpc) is 2.93. The zero-order chi connectivity index (χ0) is 18.2. The first-order valence-electron chi connectivity index (χ1n) is 6.90. The zero-order valence-electron chi connectivity index (χ0n) is 12.6. The van der Waals surface area contributed by atoms with E-state index in [0.29, 0.717) is 11.3 Å². The molecule has 0 unspecified atom stereocenters. The number of esters is 1. The van der Waals surface area contributed by atoms with E-state index in [-0.39, 0.29) is 21.6 Å². The van der Waals surface area contributed by atoms with Crippen LogP contribution in [0, 0.1) is 0 Å². The van der Waals surface area contributed by atoms with Gasteiger partial charge in [-0.3, -0.25) is 0 Å². The van der Waals surface area contributed by atoms with Gasteiger partial charge in [-0.15, -0.1) is 0 Å². The van der Waals surface area contributed by atoms with Gasteiger partial charge in [-0.25, -0.2) is 4.79 Å². The van der Waals surface area contributed by atoms with E-state index in [1.807, 2.05) is 0 Å². The van der Waals surface area contributed by atoms with E-state index in [1.165, 1.54) is 19.2 Å². The number of methoxy groups -OCH3 is 1. The molecule has 1 N–H and O–H groups in total. The second-order valence-corrected chi connectivity index (χ2v) is 5.87. The Morgan fingerprint density at radius 2 is 2.04 bits per heavy atom. The third kappa shape index (κ3) is 3.60. The quantitative estimate of drug-likeness (QED) is 0.601. The van der Waals surface area contributed by atoms with Crippen molar-refractivity contribution in [1.29, 1.82) is 0 Å². The number of hydrogen-bond acceptors (Lipinski definition) is 5. The highest BCUT2D eigenvalue weighted by Gasteiger charge is 2.33. The highest BCUT2D eigenvalue weighted by molar-refractivity contribution is 9.10. The molecule has 0 radical (unpaired) electrons. The Morgan fingerprint density at radius 1 is 1.28 bits per heavy atom. The molecule has 3 aromatic rings. The van der Waals surface area contributed by atoms with Gasteiger partial charge in [0.1, 0.15) is 5.52 Å². The number of aromatic nitrogens is 1. The maximum absolute atomic E-state index is 12.9. The van der Waals surface area contributed by atoms with Crippen molar-refractivity contribution in [3.8, 4) is 0 Å². The van der Waals surface area contributed by atoms with Crippen molar-refractivity contribution in [3.63, 3.8) is 0 Å². The van der Waals surface area contributed by atoms with Gasteiger partial charge in [0.15, 0.2) is 5.58 Å². The number of benzene rings is 2. The Kier molecular flexibility index (Phi) is 4.42. The Morgan fingerprint density at radius 3 is 2.72 bits per heavy atom. The minimum absolute atomic E-state index is 0.00300. The Labute approximate surface area is 147 Å². The van der Waals surface area contributed by atoms with E-state index in [1.54, 1.807) is 18.2 Å². The van der Waals surface area contributed by atoms with E-state index >= 15 is 0 Å². The van der Waals surface area contributed by atoms with Crippen LogP contribution in [0.3, 0.4) is 0 Å². The highest BCUT2D eigenvalue weighted by Crippen LogP contribution is 2.37. The molecule has 0 saturated heterocycles. The molecule has 0 fully saturated rings. The molecule has 3 rings (SSSR count). The minimum atomic E-state index is -4.51. The first kappa shape index (κ1) is 17.3. The summed E-state index contributed by atoms with van der Waals surface area (Å²) in [6.07, 6.45) is -4.51.